The van der Waals surface area contributed by atoms with Gasteiger partial charge in [-0.05, 0) is 43.9 Å². The van der Waals surface area contributed by atoms with E-state index in [1.807, 2.05) is 12.1 Å². The molecule has 0 aliphatic carbocycles. The largest absolute Gasteiger partial charge is 0.387 e. The average Bonchev–Trinajstić information content (AvgIpc) is 2.96. The zero-order chi connectivity index (χ0) is 26.1. The first kappa shape index (κ1) is 25.1. The summed E-state index contributed by atoms with van der Waals surface area (Å²) in [6, 6.07) is 5.93. The highest BCUT2D eigenvalue weighted by molar-refractivity contribution is 5.89. The van der Waals surface area contributed by atoms with Crippen molar-refractivity contribution in [2.75, 3.05) is 49.5 Å². The van der Waals surface area contributed by atoms with Gasteiger partial charge in [0.15, 0.2) is 5.82 Å². The van der Waals surface area contributed by atoms with E-state index < -0.39 is 6.10 Å². The van der Waals surface area contributed by atoms with E-state index in [1.165, 1.54) is 12.0 Å². The van der Waals surface area contributed by atoms with Gasteiger partial charge in [-0.1, -0.05) is 6.07 Å². The van der Waals surface area contributed by atoms with Crippen molar-refractivity contribution in [3.05, 3.63) is 41.3 Å². The Kier molecular flexibility index (Phi) is 7.16. The number of ether oxygens (including phenoxy) is 1. The molecule has 11 heteroatoms. The number of nitrogens with one attached hydrogen (secondary N) is 1. The summed E-state index contributed by atoms with van der Waals surface area (Å²) in [5, 5.41) is 18.9. The molecule has 2 fully saturated rings. The predicted molar refractivity (Wildman–Crippen MR) is 143 cm³/mol. The summed E-state index contributed by atoms with van der Waals surface area (Å²) < 4.78 is 5.49. The van der Waals surface area contributed by atoms with E-state index in [4.69, 9.17) is 19.7 Å². The lowest BCUT2D eigenvalue weighted by atomic mass is 10.1. The maximum atomic E-state index is 11.2. The van der Waals surface area contributed by atoms with Gasteiger partial charge in [0.2, 0.25) is 5.95 Å². The van der Waals surface area contributed by atoms with Crippen molar-refractivity contribution < 1.29 is 14.6 Å². The van der Waals surface area contributed by atoms with Gasteiger partial charge in [-0.3, -0.25) is 0 Å². The molecule has 0 amide bonds. The van der Waals surface area contributed by atoms with E-state index in [1.54, 1.807) is 13.1 Å². The number of hydrogen-bond acceptors (Lipinski definition) is 11. The standard InChI is InChI=1S/C27H34N8O3/c1-18(37)23-13-20-14-28-27(32-25(20)26(30-23)33-8-3-2-4-9-33)31-24-6-5-19-15-34(10-7-22(19)29-24)35-11-12-38-21(16-35)17-36/h5-6,13-14,17-18,21,37H,2-4,7-12,15-16H2,1H3,(H,28,29,31,32)/t18-,21?/m1/s1. The Morgan fingerprint density at radius 3 is 2.79 bits per heavy atom. The number of hydrazine groups is 1. The number of rotatable bonds is 6. The minimum Gasteiger partial charge on any atom is -0.387 e. The third kappa shape index (κ3) is 5.19. The lowest BCUT2D eigenvalue weighted by Gasteiger charge is -2.41. The van der Waals surface area contributed by atoms with Gasteiger partial charge in [-0.2, -0.15) is 0 Å². The van der Waals surface area contributed by atoms with Crippen molar-refractivity contribution in [3.8, 4) is 0 Å². The molecule has 3 aliphatic heterocycles. The highest BCUT2D eigenvalue weighted by Crippen LogP contribution is 2.30. The van der Waals surface area contributed by atoms with E-state index in [0.717, 1.165) is 80.7 Å². The van der Waals surface area contributed by atoms with Crippen LogP contribution in [0.2, 0.25) is 0 Å². The number of nitrogens with zero attached hydrogens (tertiary/aromatic N) is 7. The number of hydrogen-bond donors (Lipinski definition) is 2. The fraction of sp³-hybridized carbons (Fsp3) is 0.519. The number of aromatic nitrogens is 4. The molecule has 3 aliphatic rings. The van der Waals surface area contributed by atoms with Gasteiger partial charge < -0.3 is 24.9 Å². The van der Waals surface area contributed by atoms with Crippen molar-refractivity contribution in [1.82, 2.24) is 30.0 Å². The second kappa shape index (κ2) is 10.9. The summed E-state index contributed by atoms with van der Waals surface area (Å²) in [7, 11) is 0. The van der Waals surface area contributed by atoms with Crippen LogP contribution in [0.4, 0.5) is 17.6 Å². The highest BCUT2D eigenvalue weighted by atomic mass is 16.5. The maximum absolute atomic E-state index is 11.2. The molecular formula is C27H34N8O3. The number of anilines is 3. The second-order valence-electron chi connectivity index (χ2n) is 10.2. The van der Waals surface area contributed by atoms with Crippen LogP contribution in [0.15, 0.2) is 24.4 Å². The number of pyridine rings is 2. The van der Waals surface area contributed by atoms with Gasteiger partial charge >= 0.3 is 0 Å². The van der Waals surface area contributed by atoms with E-state index in [0.29, 0.717) is 30.6 Å². The minimum absolute atomic E-state index is 0.360. The van der Waals surface area contributed by atoms with Crippen LogP contribution in [0.3, 0.4) is 0 Å². The first-order chi connectivity index (χ1) is 18.6. The van der Waals surface area contributed by atoms with Gasteiger partial charge in [0, 0.05) is 63.0 Å². The van der Waals surface area contributed by atoms with Crippen molar-refractivity contribution >= 4 is 34.8 Å². The van der Waals surface area contributed by atoms with E-state index in [2.05, 4.69) is 31.3 Å². The molecule has 3 aromatic heterocycles. The molecule has 38 heavy (non-hydrogen) atoms. The van der Waals surface area contributed by atoms with Crippen molar-refractivity contribution in [3.63, 3.8) is 0 Å². The molecule has 200 valence electrons. The number of aliphatic hydroxyl groups excluding tert-OH is 1. The molecule has 2 N–H and O–H groups in total. The fourth-order valence-corrected chi connectivity index (χ4v) is 5.47. The third-order valence-corrected chi connectivity index (χ3v) is 7.54. The van der Waals surface area contributed by atoms with Crippen LogP contribution in [0.1, 0.15) is 49.2 Å². The normalized spacial score (nSPS) is 21.7. The maximum Gasteiger partial charge on any atom is 0.229 e. The zero-order valence-corrected chi connectivity index (χ0v) is 21.7. The number of carbonyl (C=O) groups excluding carboxylic acids is 1. The second-order valence-corrected chi connectivity index (χ2v) is 10.2. The Bertz CT molecular complexity index is 1310. The average molecular weight is 519 g/mol. The summed E-state index contributed by atoms with van der Waals surface area (Å²) in [6.07, 6.45) is 5.94. The molecule has 0 bridgehead atoms. The Hall–Kier alpha value is -3.25. The number of fused-ring (bicyclic) bond motifs is 2. The monoisotopic (exact) mass is 518 g/mol. The summed E-state index contributed by atoms with van der Waals surface area (Å²) in [6.45, 7) is 7.15. The SMILES string of the molecule is C[C@@H](O)c1cc2cnc(Nc3ccc4c(n3)CCN(N3CCOC(C=O)C3)C4)nc2c(N2CCCCC2)n1. The predicted octanol–water partition coefficient (Wildman–Crippen LogP) is 2.38. The van der Waals surface area contributed by atoms with Gasteiger partial charge in [-0.15, -0.1) is 0 Å². The molecule has 0 aromatic carbocycles. The number of aldehydes is 1. The Morgan fingerprint density at radius 1 is 1.11 bits per heavy atom. The topological polar surface area (TPSA) is 120 Å². The first-order valence-corrected chi connectivity index (χ1v) is 13.5. The lowest BCUT2D eigenvalue weighted by molar-refractivity contribution is -0.144. The summed E-state index contributed by atoms with van der Waals surface area (Å²) in [5.74, 6) is 1.99. The highest BCUT2D eigenvalue weighted by Gasteiger charge is 2.28. The smallest absolute Gasteiger partial charge is 0.229 e. The van der Waals surface area contributed by atoms with E-state index in [-0.39, 0.29) is 6.10 Å². The van der Waals surface area contributed by atoms with Crippen LogP contribution in [0.5, 0.6) is 0 Å². The van der Waals surface area contributed by atoms with Crippen molar-refractivity contribution in [2.24, 2.45) is 0 Å². The zero-order valence-electron chi connectivity index (χ0n) is 21.7. The van der Waals surface area contributed by atoms with Crippen LogP contribution >= 0.6 is 0 Å². The molecule has 0 radical (unpaired) electrons. The van der Waals surface area contributed by atoms with E-state index in [9.17, 15) is 9.90 Å². The molecule has 2 saturated heterocycles. The summed E-state index contributed by atoms with van der Waals surface area (Å²) in [4.78, 5) is 32.5. The van der Waals surface area contributed by atoms with Crippen LogP contribution in [0, 0.1) is 0 Å². The van der Waals surface area contributed by atoms with Crippen LogP contribution < -0.4 is 10.2 Å². The third-order valence-electron chi connectivity index (χ3n) is 7.54. The number of morpholine rings is 1. The minimum atomic E-state index is -0.661. The molecule has 1 unspecified atom stereocenters. The molecular weight excluding hydrogens is 484 g/mol. The van der Waals surface area contributed by atoms with Crippen LogP contribution in [-0.4, -0.2) is 86.8 Å². The molecule has 3 aromatic rings. The van der Waals surface area contributed by atoms with Crippen LogP contribution in [-0.2, 0) is 22.5 Å². The Labute approximate surface area is 221 Å². The van der Waals surface area contributed by atoms with Gasteiger partial charge in [0.1, 0.15) is 23.7 Å². The van der Waals surface area contributed by atoms with Crippen LogP contribution in [0.25, 0.3) is 10.9 Å². The van der Waals surface area contributed by atoms with Crippen molar-refractivity contribution in [2.45, 2.75) is 51.4 Å². The summed E-state index contributed by atoms with van der Waals surface area (Å²) >= 11 is 0. The quantitative estimate of drug-likeness (QED) is 0.468. The summed E-state index contributed by atoms with van der Waals surface area (Å²) in [5.41, 5.74) is 3.65. The van der Waals surface area contributed by atoms with Gasteiger partial charge in [0.05, 0.1) is 18.4 Å². The molecule has 0 saturated carbocycles. The number of aliphatic hydroxyl groups is 1. The first-order valence-electron chi connectivity index (χ1n) is 13.5. The molecule has 0 spiro atoms. The Balaban J connectivity index is 1.22. The number of piperidine rings is 1. The molecule has 6 rings (SSSR count). The fourth-order valence-electron chi connectivity index (χ4n) is 5.47. The lowest BCUT2D eigenvalue weighted by Crippen LogP contribution is -2.53. The van der Waals surface area contributed by atoms with Crippen molar-refractivity contribution in [1.29, 1.82) is 0 Å². The van der Waals surface area contributed by atoms with Gasteiger partial charge in [0.25, 0.3) is 0 Å². The van der Waals surface area contributed by atoms with E-state index >= 15 is 0 Å². The number of carbonyl (C=O) groups is 1. The Morgan fingerprint density at radius 2 is 1.97 bits per heavy atom. The molecule has 2 atom stereocenters. The molecule has 11 nitrogen and oxygen atoms in total. The van der Waals surface area contributed by atoms with Gasteiger partial charge in [-0.25, -0.2) is 30.0 Å². The molecule has 6 heterocycles.